The van der Waals surface area contributed by atoms with Gasteiger partial charge in [0.1, 0.15) is 20.8 Å². The lowest BCUT2D eigenvalue weighted by molar-refractivity contribution is 0.202. The summed E-state index contributed by atoms with van der Waals surface area (Å²) in [5.74, 6) is -1.46. The molecule has 0 aliphatic heterocycles. The van der Waals surface area contributed by atoms with Crippen LogP contribution < -0.4 is 18.9 Å². The Morgan fingerprint density at radius 1 is 1.06 bits per heavy atom. The van der Waals surface area contributed by atoms with Crippen LogP contribution in [0.25, 0.3) is 11.1 Å². The summed E-state index contributed by atoms with van der Waals surface area (Å²) >= 11 is 6.10. The lowest BCUT2D eigenvalue weighted by Gasteiger charge is -2.15. The Bertz CT molecular complexity index is 1540. The molecular weight excluding hydrogens is 568 g/mol. The lowest BCUT2D eigenvalue weighted by atomic mass is 10.1. The van der Waals surface area contributed by atoms with E-state index in [-0.39, 0.29) is 16.9 Å². The van der Waals surface area contributed by atoms with E-state index in [2.05, 4.69) is 51.8 Å². The molecule has 0 atom stereocenters. The first-order chi connectivity index (χ1) is 18.9. The third-order valence-electron chi connectivity index (χ3n) is 3.25. The third-order valence-corrected chi connectivity index (χ3v) is 4.93. The number of halogens is 2. The molecule has 1 aromatic carbocycles. The van der Waals surface area contributed by atoms with Crippen LogP contribution in [0.3, 0.4) is 0 Å². The number of rotatable bonds is 11. The second kappa shape index (κ2) is 11.5. The van der Waals surface area contributed by atoms with Crippen LogP contribution in [0.4, 0.5) is 5.82 Å². The minimum atomic E-state index is -4.76. The van der Waals surface area contributed by atoms with Gasteiger partial charge in [-0.15, -0.1) is 0 Å². The van der Waals surface area contributed by atoms with E-state index in [4.69, 9.17) is 21.8 Å². The summed E-state index contributed by atoms with van der Waals surface area (Å²) in [5, 5.41) is 0. The molecule has 3 rings (SSSR count). The molecule has 10 nitrogen and oxygen atoms in total. The summed E-state index contributed by atoms with van der Waals surface area (Å²) in [7, 11) is -4.76. The van der Waals surface area contributed by atoms with E-state index in [9.17, 15) is 8.42 Å². The molecule has 13 heteroatoms. The molecule has 0 unspecified atom stereocenters. The maximum atomic E-state index is 12.8. The molecule has 0 bridgehead atoms. The van der Waals surface area contributed by atoms with Crippen molar-refractivity contribution in [2.75, 3.05) is 24.4 Å². The Hall–Kier alpha value is -2.35. The monoisotopic (exact) mass is 595 g/mol. The highest BCUT2D eigenvalue weighted by atomic mass is 79.9. The molecule has 0 amide bonds. The highest BCUT2D eigenvalue weighted by Crippen LogP contribution is 2.34. The number of aromatic nitrogens is 4. The van der Waals surface area contributed by atoms with Gasteiger partial charge >= 0.3 is 6.01 Å². The number of nitrogens with zero attached hydrogens (tertiary/aromatic N) is 4. The molecule has 0 saturated carbocycles. The number of benzene rings is 1. The molecular formula is C19H20Br2N6O4S. The van der Waals surface area contributed by atoms with Crippen LogP contribution in [0.5, 0.6) is 11.9 Å². The maximum Gasteiger partial charge on any atom is 0.316 e. The second-order valence-corrected chi connectivity index (χ2v) is 8.62. The predicted octanol–water partition coefficient (Wildman–Crippen LogP) is 3.57. The minimum absolute atomic E-state index is 0.198. The van der Waals surface area contributed by atoms with Crippen LogP contribution in [-0.2, 0) is 10.2 Å². The van der Waals surface area contributed by atoms with Crippen molar-refractivity contribution in [1.82, 2.24) is 24.7 Å². The van der Waals surface area contributed by atoms with Crippen LogP contribution in [0.15, 0.2) is 51.8 Å². The molecule has 0 fully saturated rings. The van der Waals surface area contributed by atoms with Gasteiger partial charge in [-0.1, -0.05) is 34.9 Å². The van der Waals surface area contributed by atoms with Crippen molar-refractivity contribution in [3.05, 3.63) is 51.8 Å². The van der Waals surface area contributed by atoms with Crippen LogP contribution >= 0.6 is 31.9 Å². The molecule has 0 aliphatic rings. The average molecular weight is 597 g/mol. The Morgan fingerprint density at radius 2 is 1.78 bits per heavy atom. The van der Waals surface area contributed by atoms with E-state index in [0.717, 1.165) is 0 Å². The summed E-state index contributed by atoms with van der Waals surface area (Å²) < 4.78 is 113. The van der Waals surface area contributed by atoms with Gasteiger partial charge in [0.05, 0.1) is 18.3 Å². The van der Waals surface area contributed by atoms with Gasteiger partial charge in [0, 0.05) is 26.1 Å². The van der Waals surface area contributed by atoms with Crippen molar-refractivity contribution in [3.8, 4) is 23.0 Å². The Kier molecular flexibility index (Phi) is 5.29. The van der Waals surface area contributed by atoms with E-state index < -0.39 is 83.2 Å². The molecule has 2 heterocycles. The van der Waals surface area contributed by atoms with Gasteiger partial charge in [-0.3, -0.25) is 4.72 Å². The van der Waals surface area contributed by atoms with Crippen LogP contribution in [-0.4, -0.2) is 48.0 Å². The standard InChI is InChI=1S/C19H20Br2N6O4S/c1-2-7-26-32(28,29)27-17-16(13-3-5-14(20)6-4-13)18(25-12-24-17)30-8-9-31-19-22-10-15(21)11-23-19/h3-6,10-12,26H,2,7-9H2,1H3,(H,24,25,27)/i3D,4D,5D,6D,7D2,9D2,12D. The van der Waals surface area contributed by atoms with E-state index >= 15 is 0 Å². The fraction of sp³-hybridized carbons (Fsp3) is 0.263. The topological polar surface area (TPSA) is 128 Å². The Labute approximate surface area is 215 Å². The molecule has 2 N–H and O–H groups in total. The zero-order chi connectivity index (χ0) is 30.9. The second-order valence-electron chi connectivity index (χ2n) is 5.50. The largest absolute Gasteiger partial charge is 0.473 e. The first kappa shape index (κ1) is 14.7. The highest BCUT2D eigenvalue weighted by Gasteiger charge is 2.19. The Balaban J connectivity index is 2.16. The summed E-state index contributed by atoms with van der Waals surface area (Å²) in [5.41, 5.74) is -1.13. The van der Waals surface area contributed by atoms with Gasteiger partial charge in [0.25, 0.3) is 10.2 Å². The van der Waals surface area contributed by atoms with Crippen LogP contribution in [0.1, 0.15) is 25.7 Å². The van der Waals surface area contributed by atoms with E-state index in [1.54, 1.807) is 4.72 Å². The highest BCUT2D eigenvalue weighted by molar-refractivity contribution is 9.10. The SMILES string of the molecule is [2H]c1nc(NS(=O)(=O)NC([2H])([2H])CC)c(-c2c([2H])c([2H])c(Br)c([2H])c2[2H])c(OCC([2H])([2H])Oc2ncc(Br)cn2)n1. The molecule has 0 saturated heterocycles. The zero-order valence-electron chi connectivity index (χ0n) is 25.2. The van der Waals surface area contributed by atoms with Crippen molar-refractivity contribution in [3.63, 3.8) is 0 Å². The zero-order valence-corrected chi connectivity index (χ0v) is 20.1. The smallest absolute Gasteiger partial charge is 0.316 e. The van der Waals surface area contributed by atoms with Crippen molar-refractivity contribution < 1.29 is 30.2 Å². The third kappa shape index (κ3) is 7.08. The number of hydrogen-bond donors (Lipinski definition) is 2. The summed E-state index contributed by atoms with van der Waals surface area (Å²) in [6.45, 7) is -4.61. The van der Waals surface area contributed by atoms with Gasteiger partial charge in [-0.25, -0.2) is 19.9 Å². The summed E-state index contributed by atoms with van der Waals surface area (Å²) in [6.07, 6.45) is 1.50. The molecule has 32 heavy (non-hydrogen) atoms. The van der Waals surface area contributed by atoms with Gasteiger partial charge < -0.3 is 9.47 Å². The lowest BCUT2D eigenvalue weighted by Crippen LogP contribution is -2.31. The number of anilines is 1. The van der Waals surface area contributed by atoms with Gasteiger partial charge in [0.15, 0.2) is 5.82 Å². The summed E-state index contributed by atoms with van der Waals surface area (Å²) in [4.78, 5) is 15.1. The van der Waals surface area contributed by atoms with E-state index in [1.165, 1.54) is 19.3 Å². The van der Waals surface area contributed by atoms with Gasteiger partial charge in [-0.2, -0.15) is 13.1 Å². The van der Waals surface area contributed by atoms with Crippen LogP contribution in [0, 0.1) is 0 Å². The number of ether oxygens (including phenoxy) is 2. The molecule has 0 aliphatic carbocycles. The van der Waals surface area contributed by atoms with Gasteiger partial charge in [0.2, 0.25) is 5.88 Å². The average Bonchev–Trinajstić information content (AvgIpc) is 2.86. The molecule has 170 valence electrons. The Morgan fingerprint density at radius 3 is 2.47 bits per heavy atom. The molecule has 2 aromatic heterocycles. The number of hydrogen-bond acceptors (Lipinski definition) is 8. The summed E-state index contributed by atoms with van der Waals surface area (Å²) in [6, 6.07) is -2.82. The normalized spacial score (nSPS) is 16.2. The van der Waals surface area contributed by atoms with Crippen molar-refractivity contribution in [1.29, 1.82) is 0 Å². The van der Waals surface area contributed by atoms with Crippen LogP contribution in [0.2, 0.25) is 0 Å². The fourth-order valence-corrected chi connectivity index (χ4v) is 3.21. The van der Waals surface area contributed by atoms with Crippen molar-refractivity contribution in [2.45, 2.75) is 13.3 Å². The van der Waals surface area contributed by atoms with Crippen molar-refractivity contribution >= 4 is 47.9 Å². The minimum Gasteiger partial charge on any atom is -0.473 e. The maximum absolute atomic E-state index is 12.8. The quantitative estimate of drug-likeness (QED) is 0.344. The fourth-order valence-electron chi connectivity index (χ4n) is 2.02. The van der Waals surface area contributed by atoms with Crippen molar-refractivity contribution in [2.24, 2.45) is 0 Å². The van der Waals surface area contributed by atoms with E-state index in [1.807, 2.05) is 4.72 Å². The first-order valence-electron chi connectivity index (χ1n) is 13.1. The number of nitrogens with one attached hydrogen (secondary N) is 2. The van der Waals surface area contributed by atoms with E-state index in [0.29, 0.717) is 4.47 Å². The molecule has 0 spiro atoms. The molecule has 3 aromatic rings. The first-order valence-corrected chi connectivity index (χ1v) is 11.7. The van der Waals surface area contributed by atoms with Gasteiger partial charge in [-0.05, 0) is 40.0 Å². The predicted molar refractivity (Wildman–Crippen MR) is 127 cm³/mol. The molecule has 0 radical (unpaired) electrons.